The van der Waals surface area contributed by atoms with Crippen molar-refractivity contribution in [3.8, 4) is 0 Å². The average Bonchev–Trinajstić information content (AvgIpc) is 2.66. The summed E-state index contributed by atoms with van der Waals surface area (Å²) in [5.41, 5.74) is 0.750. The van der Waals surface area contributed by atoms with Crippen molar-refractivity contribution in [2.75, 3.05) is 19.6 Å². The predicted molar refractivity (Wildman–Crippen MR) is 103 cm³/mol. The van der Waals surface area contributed by atoms with Crippen molar-refractivity contribution in [2.24, 2.45) is 5.92 Å². The number of hydrogen-bond acceptors (Lipinski definition) is 3. The van der Waals surface area contributed by atoms with Crippen LogP contribution in [0.3, 0.4) is 0 Å². The third kappa shape index (κ3) is 5.66. The van der Waals surface area contributed by atoms with Crippen molar-refractivity contribution in [2.45, 2.75) is 51.1 Å². The molecule has 1 aromatic carbocycles. The van der Waals surface area contributed by atoms with E-state index in [-0.39, 0.29) is 18.2 Å². The predicted octanol–water partition coefficient (Wildman–Crippen LogP) is 2.87. The highest BCUT2D eigenvalue weighted by atomic mass is 35.5. The zero-order valence-electron chi connectivity index (χ0n) is 15.5. The molecule has 27 heavy (non-hydrogen) atoms. The van der Waals surface area contributed by atoms with Crippen molar-refractivity contribution >= 4 is 23.4 Å². The van der Waals surface area contributed by atoms with Gasteiger partial charge in [-0.25, -0.2) is 4.39 Å². The van der Waals surface area contributed by atoms with Gasteiger partial charge in [0.15, 0.2) is 0 Å². The summed E-state index contributed by atoms with van der Waals surface area (Å²) >= 11 is 6.13. The van der Waals surface area contributed by atoms with E-state index < -0.39 is 11.9 Å². The van der Waals surface area contributed by atoms with Gasteiger partial charge in [-0.3, -0.25) is 14.5 Å². The summed E-state index contributed by atoms with van der Waals surface area (Å²) in [6.45, 7) is 2.25. The number of piperazine rings is 1. The normalized spacial score (nSPS) is 21.7. The molecular weight excluding hydrogens is 369 g/mol. The Morgan fingerprint density at radius 3 is 2.81 bits per heavy atom. The van der Waals surface area contributed by atoms with Crippen LogP contribution in [0.5, 0.6) is 0 Å². The number of hydrogen-bond donors (Lipinski definition) is 2. The summed E-state index contributed by atoms with van der Waals surface area (Å²) in [4.78, 5) is 26.7. The Morgan fingerprint density at radius 2 is 2.07 bits per heavy atom. The molecule has 1 aliphatic heterocycles. The minimum absolute atomic E-state index is 0.0992. The molecule has 1 heterocycles. The van der Waals surface area contributed by atoms with Gasteiger partial charge in [-0.15, -0.1) is 0 Å². The Labute approximate surface area is 164 Å². The van der Waals surface area contributed by atoms with E-state index in [1.807, 2.05) is 4.90 Å². The number of amides is 2. The van der Waals surface area contributed by atoms with Crippen LogP contribution in [-0.4, -0.2) is 42.4 Å². The number of benzene rings is 1. The molecule has 1 atom stereocenters. The van der Waals surface area contributed by atoms with Crippen molar-refractivity contribution in [3.05, 3.63) is 34.6 Å². The molecule has 0 spiro atoms. The number of nitrogens with one attached hydrogen (secondary N) is 2. The molecule has 7 heteroatoms. The lowest BCUT2D eigenvalue weighted by Gasteiger charge is -2.35. The van der Waals surface area contributed by atoms with E-state index in [2.05, 4.69) is 10.6 Å². The molecule has 1 aromatic rings. The van der Waals surface area contributed by atoms with E-state index in [0.29, 0.717) is 37.1 Å². The molecule has 148 valence electrons. The number of carbonyl (C=O) groups is 2. The van der Waals surface area contributed by atoms with Gasteiger partial charge in [-0.1, -0.05) is 36.9 Å². The van der Waals surface area contributed by atoms with Crippen LogP contribution in [-0.2, 0) is 16.1 Å². The van der Waals surface area contributed by atoms with Crippen molar-refractivity contribution in [3.63, 3.8) is 0 Å². The molecule has 0 radical (unpaired) electrons. The summed E-state index contributed by atoms with van der Waals surface area (Å²) in [5, 5.41) is 6.17. The SMILES string of the molecule is O=C(C[C@H]1C(=O)NCCN1Cc1ccc(F)cc1Cl)NCC1CCCCC1. The van der Waals surface area contributed by atoms with Gasteiger partial charge in [0.2, 0.25) is 11.8 Å². The Morgan fingerprint density at radius 1 is 1.30 bits per heavy atom. The molecule has 5 nitrogen and oxygen atoms in total. The van der Waals surface area contributed by atoms with E-state index in [0.717, 1.165) is 5.56 Å². The maximum atomic E-state index is 13.3. The number of nitrogens with zero attached hydrogens (tertiary/aromatic N) is 1. The highest BCUT2D eigenvalue weighted by Crippen LogP contribution is 2.23. The molecule has 2 N–H and O–H groups in total. The van der Waals surface area contributed by atoms with Gasteiger partial charge in [0, 0.05) is 31.2 Å². The molecule has 2 fully saturated rings. The van der Waals surface area contributed by atoms with Crippen molar-refractivity contribution in [1.82, 2.24) is 15.5 Å². The lowest BCUT2D eigenvalue weighted by atomic mass is 9.89. The van der Waals surface area contributed by atoms with E-state index in [1.165, 1.54) is 44.2 Å². The first-order valence-corrected chi connectivity index (χ1v) is 10.1. The first-order chi connectivity index (χ1) is 13.0. The molecule has 0 aromatic heterocycles. The Bertz CT molecular complexity index is 679. The van der Waals surface area contributed by atoms with E-state index in [1.54, 1.807) is 6.07 Å². The largest absolute Gasteiger partial charge is 0.356 e. The Kier molecular flexibility index (Phi) is 7.07. The van der Waals surface area contributed by atoms with Gasteiger partial charge in [-0.05, 0) is 36.5 Å². The van der Waals surface area contributed by atoms with Crippen LogP contribution in [0.15, 0.2) is 18.2 Å². The molecule has 3 rings (SSSR count). The van der Waals surface area contributed by atoms with Crippen LogP contribution in [0.25, 0.3) is 0 Å². The maximum absolute atomic E-state index is 13.3. The van der Waals surface area contributed by atoms with Crippen molar-refractivity contribution < 1.29 is 14.0 Å². The van der Waals surface area contributed by atoms with E-state index in [9.17, 15) is 14.0 Å². The summed E-state index contributed by atoms with van der Waals surface area (Å²) in [5.74, 6) is -0.0825. The number of halogens is 2. The third-order valence-corrected chi connectivity index (χ3v) is 5.87. The van der Waals surface area contributed by atoms with Gasteiger partial charge < -0.3 is 10.6 Å². The summed E-state index contributed by atoms with van der Waals surface area (Å²) in [6, 6.07) is 3.72. The fourth-order valence-corrected chi connectivity index (χ4v) is 4.17. The third-order valence-electron chi connectivity index (χ3n) is 5.52. The van der Waals surface area contributed by atoms with Gasteiger partial charge in [-0.2, -0.15) is 0 Å². The second kappa shape index (κ2) is 9.51. The fourth-order valence-electron chi connectivity index (χ4n) is 3.94. The van der Waals surface area contributed by atoms with Gasteiger partial charge >= 0.3 is 0 Å². The minimum Gasteiger partial charge on any atom is -0.356 e. The summed E-state index contributed by atoms with van der Waals surface area (Å²) in [6.07, 6.45) is 6.21. The molecule has 2 aliphatic rings. The molecule has 1 saturated heterocycles. The molecule has 0 bridgehead atoms. The Hall–Kier alpha value is -1.66. The first-order valence-electron chi connectivity index (χ1n) is 9.75. The van der Waals surface area contributed by atoms with Crippen molar-refractivity contribution in [1.29, 1.82) is 0 Å². The van der Waals surface area contributed by atoms with Crippen LogP contribution in [0.4, 0.5) is 4.39 Å². The molecule has 1 saturated carbocycles. The second-order valence-electron chi connectivity index (χ2n) is 7.53. The summed E-state index contributed by atoms with van der Waals surface area (Å²) in [7, 11) is 0. The maximum Gasteiger partial charge on any atom is 0.237 e. The minimum atomic E-state index is -0.536. The van der Waals surface area contributed by atoms with Crippen LogP contribution in [0, 0.1) is 11.7 Å². The second-order valence-corrected chi connectivity index (χ2v) is 7.93. The number of carbonyl (C=O) groups excluding carboxylic acids is 2. The average molecular weight is 396 g/mol. The molecule has 2 amide bonds. The topological polar surface area (TPSA) is 61.4 Å². The quantitative estimate of drug-likeness (QED) is 0.778. The van der Waals surface area contributed by atoms with Crippen LogP contribution < -0.4 is 10.6 Å². The molecular formula is C20H27ClFN3O2. The standard InChI is InChI=1S/C20H27ClFN3O2/c21-17-10-16(22)7-6-15(17)13-25-9-8-23-20(27)18(25)11-19(26)24-12-14-4-2-1-3-5-14/h6-7,10,14,18H,1-5,8-9,11-13H2,(H,23,27)(H,24,26)/t18-/m0/s1. The van der Waals surface area contributed by atoms with Gasteiger partial charge in [0.05, 0.1) is 12.5 Å². The molecule has 1 aliphatic carbocycles. The van der Waals surface area contributed by atoms with Gasteiger partial charge in [0.1, 0.15) is 5.82 Å². The summed E-state index contributed by atoms with van der Waals surface area (Å²) < 4.78 is 13.3. The van der Waals surface area contributed by atoms with Crippen LogP contribution in [0.1, 0.15) is 44.1 Å². The fraction of sp³-hybridized carbons (Fsp3) is 0.600. The highest BCUT2D eigenvalue weighted by molar-refractivity contribution is 6.31. The van der Waals surface area contributed by atoms with Crippen LogP contribution >= 0.6 is 11.6 Å². The zero-order valence-corrected chi connectivity index (χ0v) is 16.2. The monoisotopic (exact) mass is 395 g/mol. The van der Waals surface area contributed by atoms with E-state index >= 15 is 0 Å². The number of rotatable bonds is 6. The lowest BCUT2D eigenvalue weighted by Crippen LogP contribution is -2.56. The zero-order chi connectivity index (χ0) is 19.2. The smallest absolute Gasteiger partial charge is 0.237 e. The van der Waals surface area contributed by atoms with E-state index in [4.69, 9.17) is 11.6 Å². The Balaban J connectivity index is 1.58. The first kappa shape index (κ1) is 20.1. The lowest BCUT2D eigenvalue weighted by molar-refractivity contribution is -0.134. The van der Waals surface area contributed by atoms with Gasteiger partial charge in [0.25, 0.3) is 0 Å². The molecule has 0 unspecified atom stereocenters. The van der Waals surface area contributed by atoms with Crippen LogP contribution in [0.2, 0.25) is 5.02 Å². The highest BCUT2D eigenvalue weighted by Gasteiger charge is 2.32.